The van der Waals surface area contributed by atoms with Gasteiger partial charge in [0, 0.05) is 26.1 Å². The molecule has 1 atom stereocenters. The van der Waals surface area contributed by atoms with Gasteiger partial charge in [-0.3, -0.25) is 9.48 Å². The van der Waals surface area contributed by atoms with E-state index in [1.54, 1.807) is 13.2 Å². The van der Waals surface area contributed by atoms with Crippen molar-refractivity contribution >= 4 is 34.3 Å². The molecule has 178 valence electrons. The number of methoxy groups -OCH3 is 2. The maximum atomic E-state index is 14.8. The minimum absolute atomic E-state index is 0.165. The lowest BCUT2D eigenvalue weighted by Gasteiger charge is -2.14. The molecule has 3 aromatic heterocycles. The molecule has 0 fully saturated rings. The molecule has 0 aliphatic rings. The first-order valence-electron chi connectivity index (χ1n) is 9.84. The molecule has 3 heterocycles. The lowest BCUT2D eigenvalue weighted by atomic mass is 10.1. The number of aromatic nitrogens is 4. The van der Waals surface area contributed by atoms with E-state index in [1.165, 1.54) is 38.1 Å². The predicted octanol–water partition coefficient (Wildman–Crippen LogP) is 3.04. The molecule has 0 spiro atoms. The molecule has 13 heteroatoms. The van der Waals surface area contributed by atoms with Crippen LogP contribution in [0.1, 0.15) is 24.5 Å². The Morgan fingerprint density at radius 1 is 1.21 bits per heavy atom. The molecule has 1 unspecified atom stereocenters. The van der Waals surface area contributed by atoms with Crippen molar-refractivity contribution in [2.45, 2.75) is 13.0 Å². The lowest BCUT2D eigenvalue weighted by molar-refractivity contribution is -0.114. The summed E-state index contributed by atoms with van der Waals surface area (Å²) in [7, 11) is 4.08. The molecule has 1 aromatic carbocycles. The number of hydrogen-bond acceptors (Lipinski definition) is 9. The average molecular weight is 474 g/mol. The predicted molar refractivity (Wildman–Crippen MR) is 116 cm³/mol. The second-order valence-corrected chi connectivity index (χ2v) is 7.19. The minimum Gasteiger partial charge on any atom is -0.494 e. The summed E-state index contributed by atoms with van der Waals surface area (Å²) in [5.74, 6) is -2.87. The zero-order chi connectivity index (χ0) is 24.6. The summed E-state index contributed by atoms with van der Waals surface area (Å²) in [6.07, 6.45) is 1.04. The number of aliphatic hydroxyl groups excluding tert-OH is 1. The number of carbonyl (C=O) groups is 1. The van der Waals surface area contributed by atoms with Crippen LogP contribution in [0.15, 0.2) is 28.9 Å². The summed E-state index contributed by atoms with van der Waals surface area (Å²) in [5, 5.41) is 20.5. The van der Waals surface area contributed by atoms with Gasteiger partial charge in [-0.05, 0) is 0 Å². The van der Waals surface area contributed by atoms with E-state index in [-0.39, 0.29) is 34.4 Å². The van der Waals surface area contributed by atoms with Crippen molar-refractivity contribution in [3.63, 3.8) is 0 Å². The minimum atomic E-state index is -1.89. The number of aryl methyl sites for hydroxylation is 1. The Balaban J connectivity index is 1.68. The van der Waals surface area contributed by atoms with Crippen molar-refractivity contribution in [3.05, 3.63) is 47.6 Å². The van der Waals surface area contributed by atoms with Gasteiger partial charge in [0.25, 0.3) is 0 Å². The van der Waals surface area contributed by atoms with Crippen LogP contribution in [0.2, 0.25) is 0 Å². The number of nitrogens with one attached hydrogen (secondary N) is 2. The molecule has 3 N–H and O–H groups in total. The maximum Gasteiger partial charge on any atom is 0.229 e. The number of benzene rings is 1. The van der Waals surface area contributed by atoms with Gasteiger partial charge in [-0.25, -0.2) is 18.7 Å². The molecular weight excluding hydrogens is 454 g/mol. The van der Waals surface area contributed by atoms with E-state index in [0.717, 1.165) is 6.07 Å². The lowest BCUT2D eigenvalue weighted by Crippen LogP contribution is -2.09. The molecule has 0 radical (unpaired) electrons. The fourth-order valence-electron chi connectivity index (χ4n) is 3.29. The van der Waals surface area contributed by atoms with Crippen molar-refractivity contribution in [2.75, 3.05) is 24.9 Å². The Bertz CT molecular complexity index is 1360. The number of amides is 1. The standard InChI is InChI=1S/C21H20F2N6O5/c1-9(30)25-11-8-29(2)28-20(11)27-15-5-10-14(7-24-15)34-21(26-10)19(31)16-17(22)12(32-3)6-13(33-4)18(16)23/h5-8,19,31H,1-4H3,(H,25,30)(H,24,27,28). The zero-order valence-electron chi connectivity index (χ0n) is 18.5. The summed E-state index contributed by atoms with van der Waals surface area (Å²) in [6, 6.07) is 2.52. The van der Waals surface area contributed by atoms with Crippen LogP contribution in [0.4, 0.5) is 26.1 Å². The van der Waals surface area contributed by atoms with E-state index in [0.29, 0.717) is 17.3 Å². The monoisotopic (exact) mass is 474 g/mol. The number of rotatable bonds is 7. The van der Waals surface area contributed by atoms with Crippen LogP contribution in [0.3, 0.4) is 0 Å². The second-order valence-electron chi connectivity index (χ2n) is 7.19. The highest BCUT2D eigenvalue weighted by Crippen LogP contribution is 2.37. The summed E-state index contributed by atoms with van der Waals surface area (Å²) in [6.45, 7) is 1.37. The fraction of sp³-hybridized carbons (Fsp3) is 0.238. The maximum absolute atomic E-state index is 14.8. The summed E-state index contributed by atoms with van der Waals surface area (Å²) in [4.78, 5) is 19.8. The SMILES string of the molecule is COc1cc(OC)c(F)c(C(O)c2nc3cc(Nc4nn(C)cc4NC(C)=O)ncc3o2)c1F. The Morgan fingerprint density at radius 3 is 2.50 bits per heavy atom. The van der Waals surface area contributed by atoms with Crippen molar-refractivity contribution in [3.8, 4) is 11.5 Å². The Labute approximate surface area is 191 Å². The van der Waals surface area contributed by atoms with Crippen LogP contribution in [-0.4, -0.2) is 45.0 Å². The van der Waals surface area contributed by atoms with E-state index in [2.05, 4.69) is 25.7 Å². The highest BCUT2D eigenvalue weighted by atomic mass is 19.1. The van der Waals surface area contributed by atoms with Crippen LogP contribution in [0.5, 0.6) is 11.5 Å². The van der Waals surface area contributed by atoms with Gasteiger partial charge in [-0.2, -0.15) is 5.10 Å². The smallest absolute Gasteiger partial charge is 0.229 e. The van der Waals surface area contributed by atoms with Gasteiger partial charge in [0.05, 0.1) is 32.2 Å². The molecule has 4 aromatic rings. The molecule has 0 saturated carbocycles. The number of carbonyl (C=O) groups excluding carboxylic acids is 1. The van der Waals surface area contributed by atoms with Crippen LogP contribution >= 0.6 is 0 Å². The van der Waals surface area contributed by atoms with Gasteiger partial charge < -0.3 is 29.6 Å². The third kappa shape index (κ3) is 4.20. The van der Waals surface area contributed by atoms with Gasteiger partial charge in [0.2, 0.25) is 11.8 Å². The first kappa shape index (κ1) is 22.9. The fourth-order valence-corrected chi connectivity index (χ4v) is 3.29. The van der Waals surface area contributed by atoms with Crippen LogP contribution < -0.4 is 20.1 Å². The number of pyridine rings is 1. The van der Waals surface area contributed by atoms with E-state index in [1.807, 2.05) is 0 Å². The molecule has 0 aliphatic carbocycles. The number of anilines is 3. The van der Waals surface area contributed by atoms with Crippen molar-refractivity contribution in [1.29, 1.82) is 0 Å². The van der Waals surface area contributed by atoms with E-state index < -0.39 is 23.3 Å². The first-order chi connectivity index (χ1) is 16.2. The van der Waals surface area contributed by atoms with Gasteiger partial charge >= 0.3 is 0 Å². The summed E-state index contributed by atoms with van der Waals surface area (Å²) >= 11 is 0. The Morgan fingerprint density at radius 2 is 1.88 bits per heavy atom. The summed E-state index contributed by atoms with van der Waals surface area (Å²) < 4.78 is 46.3. The number of fused-ring (bicyclic) bond motifs is 1. The van der Waals surface area contributed by atoms with Crippen LogP contribution in [0, 0.1) is 11.6 Å². The normalized spacial score (nSPS) is 12.0. The average Bonchev–Trinajstić information content (AvgIpc) is 3.36. The van der Waals surface area contributed by atoms with E-state index in [9.17, 15) is 18.7 Å². The molecule has 11 nitrogen and oxygen atoms in total. The molecular formula is C21H20F2N6O5. The number of nitrogens with zero attached hydrogens (tertiary/aromatic N) is 4. The third-order valence-corrected chi connectivity index (χ3v) is 4.79. The molecule has 34 heavy (non-hydrogen) atoms. The van der Waals surface area contributed by atoms with Crippen molar-refractivity contribution in [2.24, 2.45) is 7.05 Å². The second kappa shape index (κ2) is 8.94. The number of halogens is 2. The van der Waals surface area contributed by atoms with Crippen LogP contribution in [-0.2, 0) is 11.8 Å². The number of aliphatic hydroxyl groups is 1. The van der Waals surface area contributed by atoms with Crippen molar-refractivity contribution in [1.82, 2.24) is 19.7 Å². The van der Waals surface area contributed by atoms with E-state index in [4.69, 9.17) is 13.9 Å². The largest absolute Gasteiger partial charge is 0.494 e. The van der Waals surface area contributed by atoms with Gasteiger partial charge in [0.1, 0.15) is 17.0 Å². The van der Waals surface area contributed by atoms with Gasteiger partial charge in [-0.15, -0.1) is 0 Å². The highest BCUT2D eigenvalue weighted by molar-refractivity contribution is 5.92. The van der Waals surface area contributed by atoms with Crippen molar-refractivity contribution < 1.29 is 32.6 Å². The van der Waals surface area contributed by atoms with Crippen LogP contribution in [0.25, 0.3) is 11.1 Å². The number of oxazole rings is 1. The molecule has 1 amide bonds. The number of hydrogen-bond donors (Lipinski definition) is 3. The quantitative estimate of drug-likeness (QED) is 0.369. The molecule has 0 bridgehead atoms. The molecule has 0 saturated heterocycles. The first-order valence-corrected chi connectivity index (χ1v) is 9.84. The highest BCUT2D eigenvalue weighted by Gasteiger charge is 2.30. The Hall–Kier alpha value is -4.26. The van der Waals surface area contributed by atoms with E-state index >= 15 is 0 Å². The zero-order valence-corrected chi connectivity index (χ0v) is 18.5. The molecule has 4 rings (SSSR count). The van der Waals surface area contributed by atoms with Gasteiger partial charge in [-0.1, -0.05) is 0 Å². The number of ether oxygens (including phenoxy) is 2. The molecule has 0 aliphatic heterocycles. The Kier molecular flexibility index (Phi) is 6.03. The summed E-state index contributed by atoms with van der Waals surface area (Å²) in [5.41, 5.74) is 0.117. The van der Waals surface area contributed by atoms with Gasteiger partial charge in [0.15, 0.2) is 40.6 Å². The third-order valence-electron chi connectivity index (χ3n) is 4.79. The topological polar surface area (TPSA) is 137 Å².